The lowest BCUT2D eigenvalue weighted by Gasteiger charge is -2.12. The van der Waals surface area contributed by atoms with Gasteiger partial charge in [-0.15, -0.1) is 0 Å². The molecule has 0 N–H and O–H groups in total. The highest BCUT2D eigenvalue weighted by molar-refractivity contribution is 6.21. The topological polar surface area (TPSA) is 22.2 Å². The van der Waals surface area contributed by atoms with Gasteiger partial charge in [0.1, 0.15) is 5.65 Å². The Balaban J connectivity index is 1.61. The molecule has 0 spiro atoms. The van der Waals surface area contributed by atoms with E-state index < -0.39 is 0 Å². The summed E-state index contributed by atoms with van der Waals surface area (Å²) in [4.78, 5) is 5.09. The summed E-state index contributed by atoms with van der Waals surface area (Å²) in [7, 11) is 0. The first-order chi connectivity index (χ1) is 17.9. The third kappa shape index (κ3) is 2.60. The number of aromatic nitrogens is 3. The van der Waals surface area contributed by atoms with Crippen LogP contribution in [0.15, 0.2) is 127 Å². The van der Waals surface area contributed by atoms with E-state index in [4.69, 9.17) is 4.98 Å². The van der Waals surface area contributed by atoms with E-state index in [1.807, 2.05) is 0 Å². The minimum absolute atomic E-state index is 1.00. The second kappa shape index (κ2) is 7.30. The summed E-state index contributed by atoms with van der Waals surface area (Å²) >= 11 is 0. The van der Waals surface area contributed by atoms with Crippen molar-refractivity contribution in [3.05, 3.63) is 127 Å². The van der Waals surface area contributed by atoms with E-state index in [1.54, 1.807) is 0 Å². The van der Waals surface area contributed by atoms with Gasteiger partial charge >= 0.3 is 0 Å². The molecule has 0 radical (unpaired) electrons. The standard InChI is InChI=1S/C33H21N3/c1-2-11-22(12-3-1)23-13-10-14-24(21-23)35-29-19-8-6-17-27(29)32-31(35)25-15-4-5-16-26(25)33-34-28-18-7-9-20-30(28)36(32)33/h1-21H. The average molecular weight is 460 g/mol. The Bertz CT molecular complexity index is 2100. The number of hydrogen-bond acceptors (Lipinski definition) is 1. The average Bonchev–Trinajstić information content (AvgIpc) is 3.50. The number of rotatable bonds is 2. The number of nitrogens with zero attached hydrogens (tertiary/aromatic N) is 3. The maximum Gasteiger partial charge on any atom is 0.146 e. The molecule has 0 fully saturated rings. The van der Waals surface area contributed by atoms with Crippen LogP contribution in [0.5, 0.6) is 0 Å². The van der Waals surface area contributed by atoms with Crippen LogP contribution in [-0.2, 0) is 0 Å². The third-order valence-electron chi connectivity index (χ3n) is 7.27. The van der Waals surface area contributed by atoms with Crippen molar-refractivity contribution in [3.63, 3.8) is 0 Å². The third-order valence-corrected chi connectivity index (χ3v) is 7.27. The first-order valence-electron chi connectivity index (χ1n) is 12.3. The van der Waals surface area contributed by atoms with E-state index >= 15 is 0 Å². The summed E-state index contributed by atoms with van der Waals surface area (Å²) in [5.41, 5.74) is 10.3. The van der Waals surface area contributed by atoms with Crippen LogP contribution in [0.4, 0.5) is 0 Å². The number of fused-ring (bicyclic) bond motifs is 10. The van der Waals surface area contributed by atoms with Gasteiger partial charge in [0, 0.05) is 21.8 Å². The van der Waals surface area contributed by atoms with E-state index in [0.717, 1.165) is 27.8 Å². The summed E-state index contributed by atoms with van der Waals surface area (Å²) in [6.45, 7) is 0. The number of para-hydroxylation sites is 3. The van der Waals surface area contributed by atoms with Crippen LogP contribution >= 0.6 is 0 Å². The van der Waals surface area contributed by atoms with Crippen LogP contribution in [0.3, 0.4) is 0 Å². The van der Waals surface area contributed by atoms with Crippen molar-refractivity contribution in [3.8, 4) is 16.8 Å². The fraction of sp³-hybridized carbons (Fsp3) is 0. The molecular formula is C33H21N3. The zero-order valence-electron chi connectivity index (χ0n) is 19.5. The smallest absolute Gasteiger partial charge is 0.146 e. The van der Waals surface area contributed by atoms with E-state index in [-0.39, 0.29) is 0 Å². The Hall–Kier alpha value is -4.89. The molecule has 0 amide bonds. The van der Waals surface area contributed by atoms with Crippen LogP contribution < -0.4 is 0 Å². The number of hydrogen-bond donors (Lipinski definition) is 0. The van der Waals surface area contributed by atoms with Gasteiger partial charge in [0.05, 0.1) is 27.6 Å². The number of imidazole rings is 1. The Kier molecular flexibility index (Phi) is 3.94. The van der Waals surface area contributed by atoms with Gasteiger partial charge in [0.15, 0.2) is 0 Å². The summed E-state index contributed by atoms with van der Waals surface area (Å²) in [6, 6.07) is 45.3. The number of pyridine rings is 1. The summed E-state index contributed by atoms with van der Waals surface area (Å²) in [5.74, 6) is 0. The van der Waals surface area contributed by atoms with Crippen molar-refractivity contribution in [2.75, 3.05) is 0 Å². The zero-order valence-corrected chi connectivity index (χ0v) is 19.5. The largest absolute Gasteiger partial charge is 0.307 e. The molecule has 3 nitrogen and oxygen atoms in total. The SMILES string of the molecule is c1ccc(-c2cccc(-n3c4ccccc4c4c3c3ccccc3c3nc5ccccc5n34)c2)cc1. The van der Waals surface area contributed by atoms with Crippen LogP contribution in [-0.4, -0.2) is 14.0 Å². The summed E-state index contributed by atoms with van der Waals surface area (Å²) in [5, 5.41) is 3.58. The van der Waals surface area contributed by atoms with Gasteiger partial charge < -0.3 is 4.57 Å². The quantitative estimate of drug-likeness (QED) is 0.254. The molecule has 0 aliphatic carbocycles. The summed E-state index contributed by atoms with van der Waals surface area (Å²) < 4.78 is 4.78. The van der Waals surface area contributed by atoms with Crippen molar-refractivity contribution in [1.29, 1.82) is 0 Å². The molecule has 8 rings (SSSR count). The Morgan fingerprint density at radius 3 is 2.00 bits per heavy atom. The number of benzene rings is 5. The summed E-state index contributed by atoms with van der Waals surface area (Å²) in [6.07, 6.45) is 0. The molecular weight excluding hydrogens is 438 g/mol. The molecule has 5 aromatic carbocycles. The van der Waals surface area contributed by atoms with Crippen molar-refractivity contribution in [2.45, 2.75) is 0 Å². The normalized spacial score (nSPS) is 11.9. The highest BCUT2D eigenvalue weighted by atomic mass is 15.1. The lowest BCUT2D eigenvalue weighted by atomic mass is 10.1. The highest BCUT2D eigenvalue weighted by Gasteiger charge is 2.21. The van der Waals surface area contributed by atoms with Gasteiger partial charge in [0.25, 0.3) is 0 Å². The lowest BCUT2D eigenvalue weighted by Crippen LogP contribution is -1.97. The van der Waals surface area contributed by atoms with Gasteiger partial charge in [-0.1, -0.05) is 97.1 Å². The van der Waals surface area contributed by atoms with Gasteiger partial charge in [0.2, 0.25) is 0 Å². The molecule has 3 aromatic heterocycles. The molecule has 168 valence electrons. The van der Waals surface area contributed by atoms with Crippen molar-refractivity contribution in [1.82, 2.24) is 14.0 Å². The van der Waals surface area contributed by atoms with Crippen LogP contribution in [0.1, 0.15) is 0 Å². The molecule has 3 heterocycles. The predicted molar refractivity (Wildman–Crippen MR) is 150 cm³/mol. The van der Waals surface area contributed by atoms with Gasteiger partial charge in [-0.2, -0.15) is 0 Å². The van der Waals surface area contributed by atoms with Gasteiger partial charge in [-0.3, -0.25) is 4.40 Å². The monoisotopic (exact) mass is 459 g/mol. The molecule has 36 heavy (non-hydrogen) atoms. The molecule has 0 aliphatic rings. The molecule has 8 aromatic rings. The second-order valence-corrected chi connectivity index (χ2v) is 9.27. The van der Waals surface area contributed by atoms with Crippen LogP contribution in [0, 0.1) is 0 Å². The van der Waals surface area contributed by atoms with E-state index in [2.05, 4.69) is 136 Å². The Labute approximate surface area is 207 Å². The fourth-order valence-corrected chi connectivity index (χ4v) is 5.74. The van der Waals surface area contributed by atoms with Crippen molar-refractivity contribution < 1.29 is 0 Å². The predicted octanol–water partition coefficient (Wildman–Crippen LogP) is 8.40. The maximum absolute atomic E-state index is 5.09. The molecule has 0 saturated carbocycles. The van der Waals surface area contributed by atoms with E-state index in [9.17, 15) is 0 Å². The molecule has 0 atom stereocenters. The first kappa shape index (κ1) is 19.4. The molecule has 0 saturated heterocycles. The molecule has 0 bridgehead atoms. The van der Waals surface area contributed by atoms with Crippen LogP contribution in [0.2, 0.25) is 0 Å². The van der Waals surface area contributed by atoms with E-state index in [0.29, 0.717) is 0 Å². The molecule has 3 heteroatoms. The van der Waals surface area contributed by atoms with Crippen molar-refractivity contribution >= 4 is 49.4 Å². The highest BCUT2D eigenvalue weighted by Crippen LogP contribution is 2.40. The fourth-order valence-electron chi connectivity index (χ4n) is 5.74. The van der Waals surface area contributed by atoms with Crippen molar-refractivity contribution in [2.24, 2.45) is 0 Å². The minimum atomic E-state index is 1.00. The van der Waals surface area contributed by atoms with Gasteiger partial charge in [-0.25, -0.2) is 4.98 Å². The molecule has 0 aliphatic heterocycles. The van der Waals surface area contributed by atoms with Gasteiger partial charge in [-0.05, 0) is 41.5 Å². The first-order valence-corrected chi connectivity index (χ1v) is 12.3. The van der Waals surface area contributed by atoms with E-state index in [1.165, 1.54) is 38.4 Å². The Morgan fingerprint density at radius 2 is 1.14 bits per heavy atom. The molecule has 0 unspecified atom stereocenters. The van der Waals surface area contributed by atoms with Crippen LogP contribution in [0.25, 0.3) is 66.2 Å². The second-order valence-electron chi connectivity index (χ2n) is 9.27. The lowest BCUT2D eigenvalue weighted by molar-refractivity contribution is 1.18. The minimum Gasteiger partial charge on any atom is -0.307 e. The Morgan fingerprint density at radius 1 is 0.472 bits per heavy atom. The maximum atomic E-state index is 5.09. The zero-order chi connectivity index (χ0) is 23.6.